The van der Waals surface area contributed by atoms with Crippen molar-refractivity contribution in [1.82, 2.24) is 0 Å². The molecule has 0 amide bonds. The molecular formula is C35H68O13. The minimum absolute atomic E-state index is 0.419. The monoisotopic (exact) mass is 696 g/mol. The predicted octanol–water partition coefficient (Wildman–Crippen LogP) is 1.64. The number of aliphatic hydroxyl groups is 9. The van der Waals surface area contributed by atoms with Crippen LogP contribution in [0.25, 0.3) is 0 Å². The van der Waals surface area contributed by atoms with E-state index in [0.717, 1.165) is 38.5 Å². The summed E-state index contributed by atoms with van der Waals surface area (Å²) >= 11 is 0. The first kappa shape index (κ1) is 43.6. The van der Waals surface area contributed by atoms with Crippen LogP contribution in [0.5, 0.6) is 0 Å². The molecule has 0 saturated carbocycles. The quantitative estimate of drug-likeness (QED) is 0.0621. The van der Waals surface area contributed by atoms with Crippen molar-refractivity contribution in [2.75, 3.05) is 13.2 Å². The highest BCUT2D eigenvalue weighted by Gasteiger charge is 2.45. The van der Waals surface area contributed by atoms with Crippen LogP contribution in [0.4, 0.5) is 0 Å². The van der Waals surface area contributed by atoms with E-state index >= 15 is 0 Å². The van der Waals surface area contributed by atoms with Gasteiger partial charge in [-0.3, -0.25) is 0 Å². The van der Waals surface area contributed by atoms with Gasteiger partial charge in [-0.15, -0.1) is 0 Å². The Hall–Kier alpha value is -0.520. The van der Waals surface area contributed by atoms with Gasteiger partial charge in [0.2, 0.25) is 0 Å². The van der Waals surface area contributed by atoms with Gasteiger partial charge in [0.1, 0.15) is 36.6 Å². The molecule has 2 heterocycles. The number of ether oxygens (including phenoxy) is 4. The molecule has 2 aliphatic heterocycles. The van der Waals surface area contributed by atoms with Crippen molar-refractivity contribution >= 4 is 0 Å². The summed E-state index contributed by atoms with van der Waals surface area (Å²) in [5.41, 5.74) is 0. The molecule has 13 nitrogen and oxygen atoms in total. The fraction of sp³-hybridized carbons (Fsp3) is 1.00. The van der Waals surface area contributed by atoms with Gasteiger partial charge in [-0.05, 0) is 26.7 Å². The standard InChI is InChI=1S/C35H68O13/c1-22-29(40)30(41)27(20-36)47-34(22)46-26(23(2)38)19-17-15-13-11-9-7-5-4-6-8-10-12-14-16-18-25(39)24(3)45-35-33(44)32(43)31(42)28(21-37)48-35/h22-44H,4-21H2,1-3H3. The molecule has 0 spiro atoms. The van der Waals surface area contributed by atoms with Crippen molar-refractivity contribution in [3.8, 4) is 0 Å². The lowest BCUT2D eigenvalue weighted by atomic mass is 9.92. The Morgan fingerprint density at radius 1 is 0.521 bits per heavy atom. The van der Waals surface area contributed by atoms with Crippen molar-refractivity contribution in [3.05, 3.63) is 0 Å². The molecule has 14 unspecified atom stereocenters. The summed E-state index contributed by atoms with van der Waals surface area (Å²) < 4.78 is 22.6. The van der Waals surface area contributed by atoms with Crippen molar-refractivity contribution in [3.63, 3.8) is 0 Å². The van der Waals surface area contributed by atoms with Gasteiger partial charge in [0.25, 0.3) is 0 Å². The Morgan fingerprint density at radius 3 is 1.40 bits per heavy atom. The first-order valence-electron chi connectivity index (χ1n) is 18.5. The molecule has 0 bridgehead atoms. The van der Waals surface area contributed by atoms with Crippen LogP contribution in [0.2, 0.25) is 0 Å². The normalized spacial score (nSPS) is 33.8. The lowest BCUT2D eigenvalue weighted by molar-refractivity contribution is -0.315. The van der Waals surface area contributed by atoms with Crippen LogP contribution in [-0.4, -0.2) is 139 Å². The molecule has 0 aliphatic carbocycles. The highest BCUT2D eigenvalue weighted by atomic mass is 16.7. The number of unbranched alkanes of at least 4 members (excludes halogenated alkanes) is 13. The third-order valence-corrected chi connectivity index (χ3v) is 10.0. The third-order valence-electron chi connectivity index (χ3n) is 10.0. The Kier molecular flexibility index (Phi) is 21.7. The van der Waals surface area contributed by atoms with E-state index in [1.165, 1.54) is 51.4 Å². The van der Waals surface area contributed by atoms with Gasteiger partial charge in [0.05, 0.1) is 43.7 Å². The highest BCUT2D eigenvalue weighted by Crippen LogP contribution is 2.29. The van der Waals surface area contributed by atoms with Crippen LogP contribution in [0.1, 0.15) is 124 Å². The summed E-state index contributed by atoms with van der Waals surface area (Å²) in [6.07, 6.45) is 3.81. The Bertz CT molecular complexity index is 802. The second-order valence-corrected chi connectivity index (χ2v) is 14.1. The second kappa shape index (κ2) is 23.9. The number of aliphatic hydroxyl groups excluding tert-OH is 9. The maximum atomic E-state index is 10.5. The summed E-state index contributed by atoms with van der Waals surface area (Å²) in [5, 5.41) is 89.6. The summed E-state index contributed by atoms with van der Waals surface area (Å²) in [7, 11) is 0. The van der Waals surface area contributed by atoms with E-state index < -0.39 is 98.9 Å². The van der Waals surface area contributed by atoms with E-state index in [4.69, 9.17) is 18.9 Å². The Balaban J connectivity index is 1.42. The molecule has 13 heteroatoms. The van der Waals surface area contributed by atoms with Gasteiger partial charge in [-0.2, -0.15) is 0 Å². The van der Waals surface area contributed by atoms with E-state index in [0.29, 0.717) is 12.8 Å². The zero-order valence-electron chi connectivity index (χ0n) is 29.5. The summed E-state index contributed by atoms with van der Waals surface area (Å²) in [6.45, 7) is 4.13. The number of hydrogen-bond acceptors (Lipinski definition) is 13. The van der Waals surface area contributed by atoms with Crippen molar-refractivity contribution in [1.29, 1.82) is 0 Å². The molecule has 0 aromatic heterocycles. The second-order valence-electron chi connectivity index (χ2n) is 14.1. The van der Waals surface area contributed by atoms with Crippen LogP contribution >= 0.6 is 0 Å². The largest absolute Gasteiger partial charge is 0.394 e. The lowest BCUT2D eigenvalue weighted by Gasteiger charge is -2.42. The van der Waals surface area contributed by atoms with Crippen LogP contribution in [-0.2, 0) is 18.9 Å². The molecular weight excluding hydrogens is 628 g/mol. The van der Waals surface area contributed by atoms with Crippen molar-refractivity contribution in [2.45, 2.75) is 203 Å². The van der Waals surface area contributed by atoms with Gasteiger partial charge < -0.3 is 64.9 Å². The number of rotatable bonds is 25. The van der Waals surface area contributed by atoms with E-state index in [2.05, 4.69) is 0 Å². The topological polar surface area (TPSA) is 219 Å². The molecule has 286 valence electrons. The SMILES string of the molecule is CC(O)C(CCCCCCCCCCCCCCCCC(O)C(C)OC1OC(CO)C(O)C(O)C1O)OC1OC(CO)C(O)C(O)C1C. The maximum absolute atomic E-state index is 10.5. The van der Waals surface area contributed by atoms with Crippen molar-refractivity contribution < 1.29 is 64.9 Å². The first-order valence-corrected chi connectivity index (χ1v) is 18.5. The molecule has 9 N–H and O–H groups in total. The van der Waals surface area contributed by atoms with Gasteiger partial charge in [0.15, 0.2) is 12.6 Å². The molecule has 2 fully saturated rings. The smallest absolute Gasteiger partial charge is 0.187 e. The average molecular weight is 697 g/mol. The van der Waals surface area contributed by atoms with E-state index in [1.807, 2.05) is 0 Å². The molecule has 0 radical (unpaired) electrons. The minimum atomic E-state index is -1.50. The zero-order valence-corrected chi connectivity index (χ0v) is 29.5. The minimum Gasteiger partial charge on any atom is -0.394 e. The van der Waals surface area contributed by atoms with E-state index in [9.17, 15) is 46.0 Å². The van der Waals surface area contributed by atoms with Gasteiger partial charge in [-0.25, -0.2) is 0 Å². The Labute approximate surface area is 287 Å². The molecule has 48 heavy (non-hydrogen) atoms. The lowest BCUT2D eigenvalue weighted by Crippen LogP contribution is -2.60. The Morgan fingerprint density at radius 2 is 0.938 bits per heavy atom. The van der Waals surface area contributed by atoms with Gasteiger partial charge in [0, 0.05) is 5.92 Å². The first-order chi connectivity index (χ1) is 22.9. The molecule has 0 aromatic rings. The van der Waals surface area contributed by atoms with Crippen LogP contribution in [0.15, 0.2) is 0 Å². The molecule has 2 aliphatic rings. The predicted molar refractivity (Wildman–Crippen MR) is 178 cm³/mol. The van der Waals surface area contributed by atoms with Crippen LogP contribution < -0.4 is 0 Å². The number of hydrogen-bond donors (Lipinski definition) is 9. The van der Waals surface area contributed by atoms with E-state index in [-0.39, 0.29) is 0 Å². The molecule has 2 saturated heterocycles. The molecule has 0 aromatic carbocycles. The zero-order chi connectivity index (χ0) is 35.6. The summed E-state index contributed by atoms with van der Waals surface area (Å²) in [4.78, 5) is 0. The van der Waals surface area contributed by atoms with Crippen molar-refractivity contribution in [2.24, 2.45) is 5.92 Å². The van der Waals surface area contributed by atoms with Gasteiger partial charge in [-0.1, -0.05) is 96.8 Å². The summed E-state index contributed by atoms with van der Waals surface area (Å²) in [5.74, 6) is -0.482. The van der Waals surface area contributed by atoms with E-state index in [1.54, 1.807) is 20.8 Å². The molecule has 14 atom stereocenters. The average Bonchev–Trinajstić information content (AvgIpc) is 3.07. The highest BCUT2D eigenvalue weighted by molar-refractivity contribution is 4.90. The third kappa shape index (κ3) is 14.6. The molecule has 2 rings (SSSR count). The van der Waals surface area contributed by atoms with Crippen LogP contribution in [0.3, 0.4) is 0 Å². The van der Waals surface area contributed by atoms with Crippen LogP contribution in [0, 0.1) is 5.92 Å². The fourth-order valence-electron chi connectivity index (χ4n) is 6.51. The van der Waals surface area contributed by atoms with Gasteiger partial charge >= 0.3 is 0 Å². The fourth-order valence-corrected chi connectivity index (χ4v) is 6.51. The maximum Gasteiger partial charge on any atom is 0.187 e. The summed E-state index contributed by atoms with van der Waals surface area (Å²) in [6, 6.07) is 0.